The number of aromatic nitrogens is 3. The summed E-state index contributed by atoms with van der Waals surface area (Å²) in [7, 11) is 0. The quantitative estimate of drug-likeness (QED) is 0.473. The van der Waals surface area contributed by atoms with E-state index in [1.165, 1.54) is 11.3 Å². The average molecular weight is 552 g/mol. The van der Waals surface area contributed by atoms with Gasteiger partial charge in [-0.1, -0.05) is 5.16 Å². The number of thiophene rings is 1. The van der Waals surface area contributed by atoms with Crippen molar-refractivity contribution in [2.75, 3.05) is 81.1 Å². The van der Waals surface area contributed by atoms with Crippen molar-refractivity contribution >= 4 is 27.8 Å². The van der Waals surface area contributed by atoms with Gasteiger partial charge in [0.2, 0.25) is 11.7 Å². The van der Waals surface area contributed by atoms with Crippen molar-refractivity contribution in [1.82, 2.24) is 25.3 Å². The van der Waals surface area contributed by atoms with Crippen LogP contribution in [0.1, 0.15) is 41.7 Å². The van der Waals surface area contributed by atoms with Crippen molar-refractivity contribution in [3.63, 3.8) is 0 Å². The summed E-state index contributed by atoms with van der Waals surface area (Å²) in [4.78, 5) is 17.8. The maximum absolute atomic E-state index is 12.9. The van der Waals surface area contributed by atoms with Gasteiger partial charge in [-0.2, -0.15) is 10.2 Å². The van der Waals surface area contributed by atoms with Crippen LogP contribution in [0.4, 0.5) is 20.9 Å². The summed E-state index contributed by atoms with van der Waals surface area (Å²) in [6, 6.07) is 6.49. The van der Waals surface area contributed by atoms with Crippen molar-refractivity contribution < 1.29 is 8.91 Å². The van der Waals surface area contributed by atoms with Gasteiger partial charge in [0, 0.05) is 81.1 Å². The predicted molar refractivity (Wildman–Crippen MR) is 150 cm³/mol. The molecule has 1 unspecified atom stereocenters. The first kappa shape index (κ1) is 26.0. The molecule has 1 atom stereocenters. The number of nitrogens with two attached hydrogens (primary N) is 1. The minimum Gasteiger partial charge on any atom is -0.389 e. The van der Waals surface area contributed by atoms with Gasteiger partial charge in [-0.05, 0) is 32.3 Å². The standard InChI is InChI=1S/C27H34FN9OS/c1-27(4-2-3-21-23(27)19(17-29)24(30)39-21)26-33-25(34-38-26)20-15-18(36-9-6-31-7-10-36)16-22(32-20)37-13-11-35(8-5-28)12-14-37/h15-16,31H,2-14,30H2,1H3. The van der Waals surface area contributed by atoms with Crippen LogP contribution in [-0.2, 0) is 11.8 Å². The minimum atomic E-state index is -0.580. The third-order valence-electron chi connectivity index (χ3n) is 8.26. The Morgan fingerprint density at radius 1 is 1.15 bits per heavy atom. The number of nitrogen functional groups attached to an aromatic ring is 1. The smallest absolute Gasteiger partial charge is 0.237 e. The molecule has 5 heterocycles. The Kier molecular flexibility index (Phi) is 7.14. The van der Waals surface area contributed by atoms with Gasteiger partial charge in [0.15, 0.2) is 0 Å². The van der Waals surface area contributed by atoms with E-state index in [1.807, 2.05) is 6.07 Å². The fourth-order valence-electron chi connectivity index (χ4n) is 6.07. The lowest BCUT2D eigenvalue weighted by molar-refractivity contribution is 0.235. The van der Waals surface area contributed by atoms with Crippen LogP contribution in [0.2, 0.25) is 0 Å². The average Bonchev–Trinajstić information content (AvgIpc) is 3.60. The molecule has 3 aromatic rings. The molecule has 0 radical (unpaired) electrons. The van der Waals surface area contributed by atoms with Crippen LogP contribution in [0.25, 0.3) is 11.5 Å². The Morgan fingerprint density at radius 2 is 1.95 bits per heavy atom. The third kappa shape index (κ3) is 4.83. The van der Waals surface area contributed by atoms with E-state index in [-0.39, 0.29) is 6.67 Å². The molecular weight excluding hydrogens is 517 g/mol. The molecule has 0 aromatic carbocycles. The van der Waals surface area contributed by atoms with Gasteiger partial charge in [0.05, 0.1) is 11.0 Å². The van der Waals surface area contributed by atoms with Crippen molar-refractivity contribution in [3.8, 4) is 17.6 Å². The number of alkyl halides is 1. The summed E-state index contributed by atoms with van der Waals surface area (Å²) in [5.41, 5.74) is 8.84. The van der Waals surface area contributed by atoms with E-state index < -0.39 is 5.41 Å². The van der Waals surface area contributed by atoms with Gasteiger partial charge in [0.25, 0.3) is 0 Å². The largest absolute Gasteiger partial charge is 0.389 e. The summed E-state index contributed by atoms with van der Waals surface area (Å²) < 4.78 is 18.8. The number of hydrogen-bond acceptors (Lipinski definition) is 11. The van der Waals surface area contributed by atoms with Gasteiger partial charge in [-0.15, -0.1) is 11.3 Å². The summed E-state index contributed by atoms with van der Waals surface area (Å²) in [5, 5.41) is 18.2. The zero-order valence-electron chi connectivity index (χ0n) is 22.2. The van der Waals surface area contributed by atoms with E-state index in [2.05, 4.69) is 44.2 Å². The molecule has 3 aliphatic rings. The van der Waals surface area contributed by atoms with Crippen molar-refractivity contribution in [2.45, 2.75) is 31.6 Å². The minimum absolute atomic E-state index is 0.324. The molecule has 0 amide bonds. The number of nitrogens with one attached hydrogen (secondary N) is 1. The van der Waals surface area contributed by atoms with Gasteiger partial charge in [-0.25, -0.2) is 9.37 Å². The first-order valence-corrected chi connectivity index (χ1v) is 14.5. The molecular formula is C27H34FN9OS. The molecule has 0 saturated carbocycles. The highest BCUT2D eigenvalue weighted by Gasteiger charge is 2.43. The highest BCUT2D eigenvalue weighted by Crippen LogP contribution is 2.48. The van der Waals surface area contributed by atoms with E-state index >= 15 is 0 Å². The fourth-order valence-corrected chi connectivity index (χ4v) is 7.26. The number of fused-ring (bicyclic) bond motifs is 1. The number of nitrogens with zero attached hydrogens (tertiary/aromatic N) is 7. The normalized spacial score (nSPS) is 22.1. The highest BCUT2D eigenvalue weighted by molar-refractivity contribution is 7.16. The number of anilines is 3. The summed E-state index contributed by atoms with van der Waals surface area (Å²) in [6.45, 7) is 9.05. The van der Waals surface area contributed by atoms with Crippen molar-refractivity contribution in [1.29, 1.82) is 5.26 Å². The van der Waals surface area contributed by atoms with Crippen LogP contribution in [-0.4, -0.2) is 85.6 Å². The van der Waals surface area contributed by atoms with Crippen LogP contribution >= 0.6 is 11.3 Å². The van der Waals surface area contributed by atoms with E-state index in [4.69, 9.17) is 20.2 Å². The number of halogens is 1. The lowest BCUT2D eigenvalue weighted by Crippen LogP contribution is -2.47. The number of piperazine rings is 2. The number of pyridine rings is 1. The molecule has 6 rings (SSSR count). The van der Waals surface area contributed by atoms with Crippen LogP contribution < -0.4 is 20.9 Å². The molecule has 2 saturated heterocycles. The molecule has 3 N–H and O–H groups in total. The zero-order valence-corrected chi connectivity index (χ0v) is 23.1. The molecule has 0 bridgehead atoms. The maximum Gasteiger partial charge on any atom is 0.237 e. The summed E-state index contributed by atoms with van der Waals surface area (Å²) in [5.74, 6) is 1.80. The molecule has 12 heteroatoms. The molecule has 10 nitrogen and oxygen atoms in total. The molecule has 2 fully saturated rings. The monoisotopic (exact) mass is 551 g/mol. The third-order valence-corrected chi connectivity index (χ3v) is 9.33. The van der Waals surface area contributed by atoms with Crippen LogP contribution in [0.5, 0.6) is 0 Å². The van der Waals surface area contributed by atoms with Gasteiger partial charge in [0.1, 0.15) is 29.3 Å². The predicted octanol–water partition coefficient (Wildman–Crippen LogP) is 2.79. The van der Waals surface area contributed by atoms with Gasteiger partial charge < -0.3 is 25.4 Å². The maximum atomic E-state index is 12.9. The lowest BCUT2D eigenvalue weighted by Gasteiger charge is -2.36. The topological polar surface area (TPSA) is 123 Å². The Morgan fingerprint density at radius 3 is 2.69 bits per heavy atom. The van der Waals surface area contributed by atoms with Gasteiger partial charge in [-0.3, -0.25) is 4.90 Å². The van der Waals surface area contributed by atoms with E-state index in [0.29, 0.717) is 34.5 Å². The SMILES string of the molecule is CC1(c2nc(-c3cc(N4CCNCC4)cc(N4CCN(CCF)CC4)n3)no2)CCCc2sc(N)c(C#N)c21. The van der Waals surface area contributed by atoms with E-state index in [9.17, 15) is 9.65 Å². The second kappa shape index (κ2) is 10.7. The molecule has 2 aliphatic heterocycles. The first-order chi connectivity index (χ1) is 19.0. The summed E-state index contributed by atoms with van der Waals surface area (Å²) >= 11 is 1.49. The Labute approximate surface area is 231 Å². The Hall–Kier alpha value is -3.27. The van der Waals surface area contributed by atoms with Crippen molar-refractivity contribution in [2.24, 2.45) is 0 Å². The van der Waals surface area contributed by atoms with Crippen LogP contribution in [0, 0.1) is 11.3 Å². The summed E-state index contributed by atoms with van der Waals surface area (Å²) in [6.07, 6.45) is 2.66. The molecule has 1 aliphatic carbocycles. The second-order valence-electron chi connectivity index (χ2n) is 10.7. The number of aryl methyl sites for hydroxylation is 1. The molecule has 206 valence electrons. The number of hydrogen-bond donors (Lipinski definition) is 2. The molecule has 3 aromatic heterocycles. The Balaban J connectivity index is 1.36. The van der Waals surface area contributed by atoms with Crippen LogP contribution in [0.3, 0.4) is 0 Å². The van der Waals surface area contributed by atoms with Crippen molar-refractivity contribution in [3.05, 3.63) is 34.0 Å². The first-order valence-electron chi connectivity index (χ1n) is 13.7. The second-order valence-corrected chi connectivity index (χ2v) is 11.8. The molecule has 39 heavy (non-hydrogen) atoms. The highest BCUT2D eigenvalue weighted by atomic mass is 32.1. The fraction of sp³-hybridized carbons (Fsp3) is 0.556. The van der Waals surface area contributed by atoms with E-state index in [1.54, 1.807) is 0 Å². The molecule has 0 spiro atoms. The Bertz CT molecular complexity index is 1370. The number of rotatable bonds is 6. The lowest BCUT2D eigenvalue weighted by atomic mass is 9.72. The van der Waals surface area contributed by atoms with Crippen LogP contribution in [0.15, 0.2) is 16.7 Å². The van der Waals surface area contributed by atoms with E-state index in [0.717, 1.165) is 93.6 Å². The number of nitriles is 1. The van der Waals surface area contributed by atoms with Gasteiger partial charge >= 0.3 is 0 Å². The zero-order chi connectivity index (χ0) is 27.0.